The number of ether oxygens (including phenoxy) is 2. The second-order valence-electron chi connectivity index (χ2n) is 6.10. The van der Waals surface area contributed by atoms with E-state index in [1.807, 2.05) is 13.8 Å². The van der Waals surface area contributed by atoms with E-state index in [-0.39, 0.29) is 16.6 Å². The first-order valence-electron chi connectivity index (χ1n) is 7.83. The van der Waals surface area contributed by atoms with E-state index in [1.165, 1.54) is 7.11 Å². The molecule has 0 saturated heterocycles. The van der Waals surface area contributed by atoms with Crippen LogP contribution in [-0.2, 0) is 19.1 Å². The van der Waals surface area contributed by atoms with E-state index in [1.54, 1.807) is 19.9 Å². The second kappa shape index (κ2) is 9.36. The molecule has 1 heterocycles. The highest BCUT2D eigenvalue weighted by Gasteiger charge is 2.24. The van der Waals surface area contributed by atoms with Crippen molar-refractivity contribution in [3.63, 3.8) is 0 Å². The number of pyridine rings is 1. The number of esters is 2. The number of methoxy groups -OCH3 is 1. The third-order valence-electron chi connectivity index (χ3n) is 3.37. The number of aryl methyl sites for hydroxylation is 2. The minimum Gasteiger partial charge on any atom is -0.467 e. The van der Waals surface area contributed by atoms with Crippen LogP contribution in [0.3, 0.4) is 0 Å². The number of hydrogen-bond acceptors (Lipinski definition) is 6. The van der Waals surface area contributed by atoms with Gasteiger partial charge in [0, 0.05) is 5.69 Å². The summed E-state index contributed by atoms with van der Waals surface area (Å²) < 4.78 is 9.65. The van der Waals surface area contributed by atoms with Crippen LogP contribution < -0.4 is 5.32 Å². The molecular weight excluding hydrogens is 348 g/mol. The molecule has 0 bridgehead atoms. The Bertz CT molecular complexity index is 637. The molecule has 138 valence electrons. The Kier molecular flexibility index (Phi) is 7.83. The van der Waals surface area contributed by atoms with Crippen molar-refractivity contribution in [3.05, 3.63) is 28.0 Å². The molecule has 0 radical (unpaired) electrons. The largest absolute Gasteiger partial charge is 0.467 e. The average Bonchev–Trinajstić information content (AvgIpc) is 2.50. The lowest BCUT2D eigenvalue weighted by atomic mass is 10.0. The van der Waals surface area contributed by atoms with E-state index in [4.69, 9.17) is 16.3 Å². The SMILES string of the molecule is COC(=O)[C@H](CC(C)C)NC(=O)COC(=O)c1c(C)cc(C)nc1Cl. The third kappa shape index (κ3) is 6.34. The van der Waals surface area contributed by atoms with Gasteiger partial charge in [-0.2, -0.15) is 0 Å². The smallest absolute Gasteiger partial charge is 0.342 e. The highest BCUT2D eigenvalue weighted by Crippen LogP contribution is 2.19. The Balaban J connectivity index is 2.69. The molecule has 1 aromatic rings. The van der Waals surface area contributed by atoms with Gasteiger partial charge in [0.25, 0.3) is 5.91 Å². The molecule has 0 spiro atoms. The van der Waals surface area contributed by atoms with Crippen LogP contribution in [0.1, 0.15) is 41.9 Å². The Hall–Kier alpha value is -2.15. The monoisotopic (exact) mass is 370 g/mol. The molecule has 1 N–H and O–H groups in total. The summed E-state index contributed by atoms with van der Waals surface area (Å²) in [4.78, 5) is 39.8. The normalized spacial score (nSPS) is 11.8. The first kappa shape index (κ1) is 20.9. The van der Waals surface area contributed by atoms with Gasteiger partial charge in [0.1, 0.15) is 11.2 Å². The van der Waals surface area contributed by atoms with Crippen molar-refractivity contribution in [2.75, 3.05) is 13.7 Å². The zero-order chi connectivity index (χ0) is 19.1. The molecule has 7 nitrogen and oxygen atoms in total. The number of halogens is 1. The number of carbonyl (C=O) groups is 3. The lowest BCUT2D eigenvalue weighted by molar-refractivity contribution is -0.145. The summed E-state index contributed by atoms with van der Waals surface area (Å²) in [6.07, 6.45) is 0.416. The van der Waals surface area contributed by atoms with Crippen molar-refractivity contribution in [1.29, 1.82) is 0 Å². The molecule has 1 aromatic heterocycles. The quantitative estimate of drug-likeness (QED) is 0.584. The predicted molar refractivity (Wildman–Crippen MR) is 92.4 cm³/mol. The molecule has 1 amide bonds. The van der Waals surface area contributed by atoms with Crippen molar-refractivity contribution < 1.29 is 23.9 Å². The number of rotatable bonds is 7. The van der Waals surface area contributed by atoms with Crippen LogP contribution in [-0.4, -0.2) is 42.6 Å². The maximum Gasteiger partial charge on any atom is 0.342 e. The summed E-state index contributed by atoms with van der Waals surface area (Å²) >= 11 is 5.97. The van der Waals surface area contributed by atoms with Crippen LogP contribution in [0.15, 0.2) is 6.07 Å². The van der Waals surface area contributed by atoms with Crippen LogP contribution in [0.4, 0.5) is 0 Å². The van der Waals surface area contributed by atoms with Crippen molar-refractivity contribution in [2.24, 2.45) is 5.92 Å². The highest BCUT2D eigenvalue weighted by molar-refractivity contribution is 6.32. The van der Waals surface area contributed by atoms with E-state index in [9.17, 15) is 14.4 Å². The maximum atomic E-state index is 12.1. The van der Waals surface area contributed by atoms with Crippen molar-refractivity contribution in [2.45, 2.75) is 40.2 Å². The van der Waals surface area contributed by atoms with Crippen LogP contribution in [0.25, 0.3) is 0 Å². The van der Waals surface area contributed by atoms with Gasteiger partial charge in [0.2, 0.25) is 0 Å². The highest BCUT2D eigenvalue weighted by atomic mass is 35.5. The van der Waals surface area contributed by atoms with Gasteiger partial charge in [-0.05, 0) is 37.8 Å². The first-order valence-corrected chi connectivity index (χ1v) is 8.21. The number of amides is 1. The molecule has 25 heavy (non-hydrogen) atoms. The molecule has 8 heteroatoms. The van der Waals surface area contributed by atoms with Crippen molar-refractivity contribution >= 4 is 29.4 Å². The lowest BCUT2D eigenvalue weighted by Gasteiger charge is -2.18. The number of hydrogen-bond donors (Lipinski definition) is 1. The van der Waals surface area contributed by atoms with Gasteiger partial charge in [0.05, 0.1) is 12.7 Å². The molecule has 0 aliphatic rings. The van der Waals surface area contributed by atoms with Gasteiger partial charge in [-0.25, -0.2) is 14.6 Å². The molecule has 0 aliphatic heterocycles. The van der Waals surface area contributed by atoms with Gasteiger partial charge in [-0.15, -0.1) is 0 Å². The fourth-order valence-electron chi connectivity index (χ4n) is 2.30. The maximum absolute atomic E-state index is 12.1. The summed E-state index contributed by atoms with van der Waals surface area (Å²) in [6.45, 7) is 6.75. The zero-order valence-electron chi connectivity index (χ0n) is 15.0. The van der Waals surface area contributed by atoms with E-state index in [0.29, 0.717) is 17.7 Å². The molecule has 0 aliphatic carbocycles. The number of aromatic nitrogens is 1. The van der Waals surface area contributed by atoms with Crippen LogP contribution in [0.2, 0.25) is 5.15 Å². The van der Waals surface area contributed by atoms with Crippen LogP contribution in [0, 0.1) is 19.8 Å². The predicted octanol–water partition coefficient (Wildman–Crippen LogP) is 2.21. The number of nitrogens with zero attached hydrogens (tertiary/aromatic N) is 1. The Morgan fingerprint density at radius 3 is 2.44 bits per heavy atom. The van der Waals surface area contributed by atoms with Gasteiger partial charge in [-0.1, -0.05) is 25.4 Å². The molecule has 0 aromatic carbocycles. The van der Waals surface area contributed by atoms with E-state index >= 15 is 0 Å². The van der Waals surface area contributed by atoms with Gasteiger partial charge >= 0.3 is 11.9 Å². The number of nitrogens with one attached hydrogen (secondary N) is 1. The van der Waals surface area contributed by atoms with E-state index in [2.05, 4.69) is 15.0 Å². The van der Waals surface area contributed by atoms with Gasteiger partial charge < -0.3 is 14.8 Å². The molecule has 1 rings (SSSR count). The number of carbonyl (C=O) groups excluding carboxylic acids is 3. The summed E-state index contributed by atoms with van der Waals surface area (Å²) in [5.41, 5.74) is 1.40. The lowest BCUT2D eigenvalue weighted by Crippen LogP contribution is -2.44. The standard InChI is InChI=1S/C17H23ClN2O5/c1-9(2)6-12(16(22)24-5)20-13(21)8-25-17(23)14-10(3)7-11(4)19-15(14)18/h7,9,12H,6,8H2,1-5H3,(H,20,21)/t12-/m0/s1. The van der Waals surface area contributed by atoms with Crippen molar-refractivity contribution in [3.8, 4) is 0 Å². The average molecular weight is 371 g/mol. The minimum absolute atomic E-state index is 0.0233. The Morgan fingerprint density at radius 2 is 1.92 bits per heavy atom. The minimum atomic E-state index is -0.789. The molecule has 0 saturated carbocycles. The Morgan fingerprint density at radius 1 is 1.28 bits per heavy atom. The molecule has 0 fully saturated rings. The van der Waals surface area contributed by atoms with Crippen LogP contribution in [0.5, 0.6) is 0 Å². The summed E-state index contributed by atoms with van der Waals surface area (Å²) in [5.74, 6) is -1.72. The van der Waals surface area contributed by atoms with E-state index < -0.39 is 30.5 Å². The molecule has 1 atom stereocenters. The summed E-state index contributed by atoms with van der Waals surface area (Å²) in [7, 11) is 1.25. The molecule has 0 unspecified atom stereocenters. The second-order valence-corrected chi connectivity index (χ2v) is 6.45. The zero-order valence-corrected chi connectivity index (χ0v) is 15.8. The Labute approximate surface area is 152 Å². The first-order chi connectivity index (χ1) is 11.6. The van der Waals surface area contributed by atoms with Gasteiger partial charge in [0.15, 0.2) is 6.61 Å². The fraction of sp³-hybridized carbons (Fsp3) is 0.529. The topological polar surface area (TPSA) is 94.6 Å². The summed E-state index contributed by atoms with van der Waals surface area (Å²) in [6, 6.07) is 0.904. The third-order valence-corrected chi connectivity index (χ3v) is 3.64. The van der Waals surface area contributed by atoms with Crippen molar-refractivity contribution in [1.82, 2.24) is 10.3 Å². The van der Waals surface area contributed by atoms with Gasteiger partial charge in [-0.3, -0.25) is 4.79 Å². The summed E-state index contributed by atoms with van der Waals surface area (Å²) in [5, 5.41) is 2.53. The fourth-order valence-corrected chi connectivity index (χ4v) is 2.66. The van der Waals surface area contributed by atoms with E-state index in [0.717, 1.165) is 0 Å². The van der Waals surface area contributed by atoms with Crippen LogP contribution >= 0.6 is 11.6 Å². The molecular formula is C17H23ClN2O5.